The summed E-state index contributed by atoms with van der Waals surface area (Å²) in [6, 6.07) is 17.1. The molecule has 1 aliphatic heterocycles. The van der Waals surface area contributed by atoms with Gasteiger partial charge in [-0.25, -0.2) is 23.1 Å². The van der Waals surface area contributed by atoms with Crippen LogP contribution in [0.2, 0.25) is 0 Å². The lowest BCUT2D eigenvalue weighted by atomic mass is 9.91. The third-order valence-electron chi connectivity index (χ3n) is 7.82. The van der Waals surface area contributed by atoms with Crippen molar-refractivity contribution in [2.75, 3.05) is 6.61 Å². The van der Waals surface area contributed by atoms with E-state index in [1.165, 1.54) is 12.1 Å². The monoisotopic (exact) mass is 597 g/mol. The highest BCUT2D eigenvalue weighted by molar-refractivity contribution is 5.83. The van der Waals surface area contributed by atoms with Gasteiger partial charge in [-0.1, -0.05) is 36.4 Å². The van der Waals surface area contributed by atoms with Crippen LogP contribution >= 0.6 is 0 Å². The minimum Gasteiger partial charge on any atom is -0.490 e. The van der Waals surface area contributed by atoms with Crippen molar-refractivity contribution < 1.29 is 28.2 Å². The number of aliphatic carboxylic acids is 1. The third kappa shape index (κ3) is 5.32. The molecule has 226 valence electrons. The topological polar surface area (TPSA) is 86.0 Å². The van der Waals surface area contributed by atoms with Crippen LogP contribution in [-0.4, -0.2) is 37.9 Å². The van der Waals surface area contributed by atoms with Crippen LogP contribution in [0.4, 0.5) is 8.78 Å². The molecule has 5 aromatic rings. The Hall–Kier alpha value is -4.63. The van der Waals surface area contributed by atoms with Crippen molar-refractivity contribution in [3.63, 3.8) is 0 Å². The Balaban J connectivity index is 1.63. The molecule has 44 heavy (non-hydrogen) atoms. The molecule has 1 N–H and O–H groups in total. The van der Waals surface area contributed by atoms with Crippen LogP contribution in [0.25, 0.3) is 39.3 Å². The summed E-state index contributed by atoms with van der Waals surface area (Å²) in [5.41, 5.74) is 5.11. The van der Waals surface area contributed by atoms with Crippen molar-refractivity contribution in [3.05, 3.63) is 94.7 Å². The number of benzene rings is 3. The highest BCUT2D eigenvalue weighted by atomic mass is 19.1. The quantitative estimate of drug-likeness (QED) is 0.214. The Bertz CT molecular complexity index is 1930. The number of hydrogen-bond donors (Lipinski definition) is 1. The van der Waals surface area contributed by atoms with E-state index in [1.807, 2.05) is 31.2 Å². The molecule has 0 aliphatic carbocycles. The van der Waals surface area contributed by atoms with Gasteiger partial charge in [0, 0.05) is 39.6 Å². The van der Waals surface area contributed by atoms with Gasteiger partial charge in [0.25, 0.3) is 0 Å². The van der Waals surface area contributed by atoms with Gasteiger partial charge in [-0.05, 0) is 76.8 Å². The fourth-order valence-corrected chi connectivity index (χ4v) is 5.88. The van der Waals surface area contributed by atoms with Gasteiger partial charge in [-0.2, -0.15) is 5.10 Å². The average Bonchev–Trinajstić information content (AvgIpc) is 3.41. The molecule has 0 amide bonds. The number of halogens is 2. The SMILES string of the molecule is Cc1nc2cc(-c3cccc(-c4ccccc4F)c3)nn2c(-c2cc(F)c3c(c2C)CCCO3)c1C(OC(C)(C)C)C(=O)O. The number of carbonyl (C=O) groups is 1. The smallest absolute Gasteiger partial charge is 0.337 e. The Kier molecular flexibility index (Phi) is 7.45. The van der Waals surface area contributed by atoms with Gasteiger partial charge in [-0.3, -0.25) is 0 Å². The standard InChI is InChI=1S/C35H33F2N3O4/c1-19-23-13-9-15-43-32(23)27(37)17-25(19)31-30(33(34(41)42)44-35(3,4)5)20(2)38-29-18-28(39-40(29)31)22-11-8-10-21(16-22)24-12-6-7-14-26(24)36/h6-8,10-12,14,16-18,33H,9,13,15H2,1-5H3,(H,41,42). The van der Waals surface area contributed by atoms with E-state index in [4.69, 9.17) is 19.6 Å². The van der Waals surface area contributed by atoms with Crippen LogP contribution in [0, 0.1) is 25.5 Å². The van der Waals surface area contributed by atoms with Crippen molar-refractivity contribution in [2.24, 2.45) is 0 Å². The van der Waals surface area contributed by atoms with Crippen LogP contribution in [0.5, 0.6) is 5.75 Å². The summed E-state index contributed by atoms with van der Waals surface area (Å²) in [7, 11) is 0. The van der Waals surface area contributed by atoms with Gasteiger partial charge in [-0.15, -0.1) is 0 Å². The maximum Gasteiger partial charge on any atom is 0.337 e. The zero-order chi connectivity index (χ0) is 31.3. The summed E-state index contributed by atoms with van der Waals surface area (Å²) in [6.45, 7) is 9.37. The van der Waals surface area contributed by atoms with E-state index >= 15 is 4.39 Å². The highest BCUT2D eigenvalue weighted by Gasteiger charge is 2.34. The van der Waals surface area contributed by atoms with Crippen LogP contribution in [0.3, 0.4) is 0 Å². The Morgan fingerprint density at radius 1 is 1.00 bits per heavy atom. The Morgan fingerprint density at radius 2 is 1.75 bits per heavy atom. The van der Waals surface area contributed by atoms with Gasteiger partial charge >= 0.3 is 5.97 Å². The summed E-state index contributed by atoms with van der Waals surface area (Å²) in [5, 5.41) is 15.3. The second-order valence-electron chi connectivity index (χ2n) is 12.1. The van der Waals surface area contributed by atoms with E-state index in [1.54, 1.807) is 56.5 Å². The number of fused-ring (bicyclic) bond motifs is 2. The average molecular weight is 598 g/mol. The van der Waals surface area contributed by atoms with Crippen LogP contribution < -0.4 is 4.74 Å². The third-order valence-corrected chi connectivity index (χ3v) is 7.82. The van der Waals surface area contributed by atoms with Crippen LogP contribution in [-0.2, 0) is 16.0 Å². The molecule has 2 aromatic heterocycles. The summed E-state index contributed by atoms with van der Waals surface area (Å²) in [5.74, 6) is -1.83. The lowest BCUT2D eigenvalue weighted by Gasteiger charge is -2.28. The molecule has 0 saturated heterocycles. The van der Waals surface area contributed by atoms with Gasteiger partial charge in [0.1, 0.15) is 5.82 Å². The highest BCUT2D eigenvalue weighted by Crippen LogP contribution is 2.42. The molecule has 1 aliphatic rings. The van der Waals surface area contributed by atoms with E-state index in [9.17, 15) is 14.3 Å². The molecule has 9 heteroatoms. The summed E-state index contributed by atoms with van der Waals surface area (Å²) >= 11 is 0. The van der Waals surface area contributed by atoms with Crippen molar-refractivity contribution in [2.45, 2.75) is 59.2 Å². The molecule has 7 nitrogen and oxygen atoms in total. The molecule has 0 radical (unpaired) electrons. The van der Waals surface area contributed by atoms with Crippen molar-refractivity contribution in [3.8, 4) is 39.4 Å². The number of rotatable bonds is 6. The molecule has 1 unspecified atom stereocenters. The largest absolute Gasteiger partial charge is 0.490 e. The van der Waals surface area contributed by atoms with Crippen molar-refractivity contribution in [1.29, 1.82) is 0 Å². The van der Waals surface area contributed by atoms with E-state index < -0.39 is 23.5 Å². The number of carboxylic acids is 1. The first kappa shape index (κ1) is 29.4. The van der Waals surface area contributed by atoms with Crippen molar-refractivity contribution in [1.82, 2.24) is 14.6 Å². The fourth-order valence-electron chi connectivity index (χ4n) is 5.88. The lowest BCUT2D eigenvalue weighted by molar-refractivity contribution is -0.160. The predicted molar refractivity (Wildman–Crippen MR) is 164 cm³/mol. The van der Waals surface area contributed by atoms with Gasteiger partial charge in [0.2, 0.25) is 0 Å². The Labute approximate surface area is 254 Å². The normalized spacial score (nSPS) is 13.9. The first-order valence-corrected chi connectivity index (χ1v) is 14.5. The molecule has 0 bridgehead atoms. The lowest BCUT2D eigenvalue weighted by Crippen LogP contribution is -2.29. The molecular weight excluding hydrogens is 564 g/mol. The first-order valence-electron chi connectivity index (χ1n) is 14.5. The minimum absolute atomic E-state index is 0.230. The second kappa shape index (κ2) is 11.1. The van der Waals surface area contributed by atoms with E-state index in [2.05, 4.69) is 0 Å². The van der Waals surface area contributed by atoms with Crippen molar-refractivity contribution >= 4 is 11.6 Å². The summed E-state index contributed by atoms with van der Waals surface area (Å²) in [4.78, 5) is 17.5. The maximum absolute atomic E-state index is 15.6. The molecule has 0 saturated carbocycles. The van der Waals surface area contributed by atoms with Gasteiger partial charge in [0.05, 0.1) is 23.6 Å². The van der Waals surface area contributed by atoms with E-state index in [-0.39, 0.29) is 17.1 Å². The van der Waals surface area contributed by atoms with Gasteiger partial charge in [0.15, 0.2) is 23.3 Å². The molecule has 0 fully saturated rings. The first-order chi connectivity index (χ1) is 20.9. The summed E-state index contributed by atoms with van der Waals surface area (Å²) < 4.78 is 43.6. The zero-order valence-electron chi connectivity index (χ0n) is 25.2. The summed E-state index contributed by atoms with van der Waals surface area (Å²) in [6.07, 6.45) is -0.0415. The molecule has 0 spiro atoms. The van der Waals surface area contributed by atoms with E-state index in [0.29, 0.717) is 58.0 Å². The minimum atomic E-state index is -1.41. The maximum atomic E-state index is 15.6. The Morgan fingerprint density at radius 3 is 2.48 bits per heavy atom. The number of aromatic nitrogens is 3. The van der Waals surface area contributed by atoms with E-state index in [0.717, 1.165) is 17.5 Å². The number of ether oxygens (including phenoxy) is 2. The number of carboxylic acid groups (broad SMARTS) is 1. The fraction of sp³-hybridized carbons (Fsp3) is 0.286. The molecule has 3 aromatic carbocycles. The van der Waals surface area contributed by atoms with Crippen LogP contribution in [0.15, 0.2) is 60.7 Å². The molecule has 1 atom stereocenters. The second-order valence-corrected chi connectivity index (χ2v) is 12.1. The number of hydrogen-bond acceptors (Lipinski definition) is 5. The molecular formula is C35H33F2N3O4. The number of aryl methyl sites for hydroxylation is 1. The van der Waals surface area contributed by atoms with Gasteiger partial charge < -0.3 is 14.6 Å². The molecule has 3 heterocycles. The predicted octanol–water partition coefficient (Wildman–Crippen LogP) is 7.89. The zero-order valence-corrected chi connectivity index (χ0v) is 25.2. The molecule has 6 rings (SSSR count). The van der Waals surface area contributed by atoms with Crippen LogP contribution in [0.1, 0.15) is 55.7 Å². The number of nitrogens with zero attached hydrogens (tertiary/aromatic N) is 3.